The summed E-state index contributed by atoms with van der Waals surface area (Å²) in [4.78, 5) is 99.9. The molecule has 6 atom stereocenters. The number of benzene rings is 4. The fourth-order valence-corrected chi connectivity index (χ4v) is 8.90. The Morgan fingerprint density at radius 2 is 0.792 bits per heavy atom. The quantitative estimate of drug-likeness (QED) is 0.0436. The molecular formula is C56H68N4O12. The van der Waals surface area contributed by atoms with Crippen LogP contribution >= 0.6 is 0 Å². The summed E-state index contributed by atoms with van der Waals surface area (Å²) in [5, 5.41) is 10.5. The molecule has 0 saturated heterocycles. The van der Waals surface area contributed by atoms with Gasteiger partial charge in [-0.2, -0.15) is 0 Å². The standard InChI is InChI=1S/C34H43N3O8.C22H25NO4/c1-6-20(2)30(33(42)44-5)37-32(41)28(17-15-21(3)38)35-31(40)29(18-16-22(4)39)36-34(43)45-19-27-25-13-9-7-11-23(25)24-12-8-10-14-26(24)27;1-4-14(2)20(21(24)26-3)23-22(25)27-13-19-17-11-7-5-9-15(17)16-10-6-8-12-18(16)19/h7-14,20,27-30H,6,15-19H2,1-5H3,(H,35,40)(H,36,43)(H,37,41);5-12,14,19-20H,4,13H2,1-3H3,(H,23,25)/t20?,28-,29-,30-;14?,20-/m00/s1. The van der Waals surface area contributed by atoms with E-state index in [1.807, 2.05) is 93.6 Å². The Morgan fingerprint density at radius 1 is 0.472 bits per heavy atom. The van der Waals surface area contributed by atoms with Crippen molar-refractivity contribution in [2.24, 2.45) is 11.8 Å². The number of ketones is 2. The maximum atomic E-state index is 13.5. The van der Waals surface area contributed by atoms with E-state index in [4.69, 9.17) is 18.9 Å². The smallest absolute Gasteiger partial charge is 0.407 e. The highest BCUT2D eigenvalue weighted by Gasteiger charge is 2.35. The number of carbonyl (C=O) groups is 8. The van der Waals surface area contributed by atoms with Crippen LogP contribution in [0.3, 0.4) is 0 Å². The highest BCUT2D eigenvalue weighted by molar-refractivity contribution is 5.94. The van der Waals surface area contributed by atoms with Gasteiger partial charge in [0, 0.05) is 24.7 Å². The van der Waals surface area contributed by atoms with Gasteiger partial charge in [-0.3, -0.25) is 9.59 Å². The van der Waals surface area contributed by atoms with Crippen LogP contribution in [-0.4, -0.2) is 99.1 Å². The normalized spacial score (nSPS) is 14.6. The molecule has 0 bridgehead atoms. The van der Waals surface area contributed by atoms with Crippen LogP contribution in [0.2, 0.25) is 0 Å². The van der Waals surface area contributed by atoms with Crippen molar-refractivity contribution in [1.29, 1.82) is 0 Å². The number of methoxy groups -OCH3 is 2. The van der Waals surface area contributed by atoms with Gasteiger partial charge in [0.05, 0.1) is 14.2 Å². The zero-order valence-electron chi connectivity index (χ0n) is 42.4. The molecule has 72 heavy (non-hydrogen) atoms. The first kappa shape index (κ1) is 55.6. The van der Waals surface area contributed by atoms with Crippen LogP contribution in [0.25, 0.3) is 22.3 Å². The van der Waals surface area contributed by atoms with Crippen molar-refractivity contribution in [2.75, 3.05) is 27.4 Å². The van der Waals surface area contributed by atoms with Crippen molar-refractivity contribution in [3.05, 3.63) is 119 Å². The van der Waals surface area contributed by atoms with Crippen LogP contribution in [0.15, 0.2) is 97.1 Å². The first-order valence-electron chi connectivity index (χ1n) is 24.5. The number of carbonyl (C=O) groups excluding carboxylic acids is 8. The third-order valence-corrected chi connectivity index (χ3v) is 13.4. The number of hydrogen-bond donors (Lipinski definition) is 4. The number of alkyl carbamates (subject to hydrolysis) is 2. The Bertz CT molecular complexity index is 2490. The minimum absolute atomic E-state index is 0.00944. The number of ether oxygens (including phenoxy) is 4. The molecule has 2 aliphatic rings. The van der Waals surface area contributed by atoms with Crippen LogP contribution in [-0.2, 0) is 47.7 Å². The lowest BCUT2D eigenvalue weighted by atomic mass is 9.98. The molecule has 4 amide bonds. The van der Waals surface area contributed by atoms with Crippen molar-refractivity contribution in [2.45, 2.75) is 116 Å². The molecule has 0 fully saturated rings. The Balaban J connectivity index is 0.000000302. The zero-order chi connectivity index (χ0) is 52.5. The average Bonchev–Trinajstić information content (AvgIpc) is 3.89. The van der Waals surface area contributed by atoms with Crippen molar-refractivity contribution in [3.8, 4) is 22.3 Å². The Hall–Kier alpha value is -7.36. The summed E-state index contributed by atoms with van der Waals surface area (Å²) in [5.41, 5.74) is 8.84. The van der Waals surface area contributed by atoms with Crippen LogP contribution in [0, 0.1) is 11.8 Å². The SMILES string of the molecule is CCC(C)[C@H](NC(=O)OCC1c2ccccc2-c2ccccc21)C(=O)OC.CCC(C)[C@H](NC(=O)[C@H](CCC(C)=O)NC(=O)[C@H](CCC(C)=O)NC(=O)OCC1c2ccccc2-c2ccccc21)C(=O)OC. The van der Waals surface area contributed by atoms with Crippen LogP contribution in [0.1, 0.15) is 114 Å². The number of esters is 2. The second kappa shape index (κ2) is 26.7. The lowest BCUT2D eigenvalue weighted by molar-refractivity contribution is -0.147. The molecule has 6 rings (SSSR count). The van der Waals surface area contributed by atoms with Gasteiger partial charge in [0.2, 0.25) is 11.8 Å². The van der Waals surface area contributed by atoms with E-state index in [0.29, 0.717) is 6.42 Å². The second-order valence-corrected chi connectivity index (χ2v) is 18.3. The first-order chi connectivity index (χ1) is 34.5. The summed E-state index contributed by atoms with van der Waals surface area (Å²) < 4.78 is 20.7. The molecule has 0 spiro atoms. The largest absolute Gasteiger partial charge is 0.467 e. The highest BCUT2D eigenvalue weighted by Crippen LogP contribution is 2.45. The summed E-state index contributed by atoms with van der Waals surface area (Å²) in [6.07, 6.45) is -0.242. The van der Waals surface area contributed by atoms with Gasteiger partial charge in [-0.1, -0.05) is 138 Å². The summed E-state index contributed by atoms with van der Waals surface area (Å²) in [5.74, 6) is -3.39. The molecule has 4 aromatic carbocycles. The van der Waals surface area contributed by atoms with Gasteiger partial charge in [-0.15, -0.1) is 0 Å². The van der Waals surface area contributed by atoms with E-state index in [0.717, 1.165) is 39.8 Å². The number of hydrogen-bond acceptors (Lipinski definition) is 12. The number of rotatable bonds is 22. The van der Waals surface area contributed by atoms with Crippen molar-refractivity contribution >= 4 is 47.5 Å². The predicted molar refractivity (Wildman–Crippen MR) is 271 cm³/mol. The van der Waals surface area contributed by atoms with Gasteiger partial charge >= 0.3 is 24.1 Å². The summed E-state index contributed by atoms with van der Waals surface area (Å²) in [6.45, 7) is 10.5. The van der Waals surface area contributed by atoms with E-state index in [1.54, 1.807) is 6.92 Å². The topological polar surface area (TPSA) is 222 Å². The van der Waals surface area contributed by atoms with Gasteiger partial charge in [-0.25, -0.2) is 19.2 Å². The molecule has 0 heterocycles. The predicted octanol–water partition coefficient (Wildman–Crippen LogP) is 7.93. The Labute approximate surface area is 421 Å². The minimum atomic E-state index is -1.21. The summed E-state index contributed by atoms with van der Waals surface area (Å²) >= 11 is 0. The highest BCUT2D eigenvalue weighted by atomic mass is 16.6. The van der Waals surface area contributed by atoms with Crippen LogP contribution in [0.5, 0.6) is 0 Å². The van der Waals surface area contributed by atoms with E-state index in [1.165, 1.54) is 39.2 Å². The van der Waals surface area contributed by atoms with Gasteiger partial charge in [0.25, 0.3) is 0 Å². The Kier molecular flexibility index (Phi) is 20.6. The second-order valence-electron chi connectivity index (χ2n) is 18.3. The van der Waals surface area contributed by atoms with Crippen molar-refractivity contribution in [3.63, 3.8) is 0 Å². The maximum Gasteiger partial charge on any atom is 0.407 e. The van der Waals surface area contributed by atoms with Crippen LogP contribution in [0.4, 0.5) is 9.59 Å². The van der Waals surface area contributed by atoms with Gasteiger partial charge in [0.15, 0.2) is 0 Å². The van der Waals surface area contributed by atoms with Crippen LogP contribution < -0.4 is 21.3 Å². The Morgan fingerprint density at radius 3 is 1.14 bits per heavy atom. The molecule has 16 nitrogen and oxygen atoms in total. The zero-order valence-corrected chi connectivity index (χ0v) is 42.4. The van der Waals surface area contributed by atoms with Crippen molar-refractivity contribution in [1.82, 2.24) is 21.3 Å². The lowest BCUT2D eigenvalue weighted by Crippen LogP contribution is -2.57. The fourth-order valence-electron chi connectivity index (χ4n) is 8.90. The molecule has 4 aromatic rings. The van der Waals surface area contributed by atoms with E-state index < -0.39 is 60.1 Å². The van der Waals surface area contributed by atoms with E-state index in [2.05, 4.69) is 45.5 Å². The summed E-state index contributed by atoms with van der Waals surface area (Å²) in [7, 11) is 2.53. The molecule has 0 aliphatic heterocycles. The number of amides is 4. The van der Waals surface area contributed by atoms with Gasteiger partial charge < -0.3 is 49.8 Å². The third kappa shape index (κ3) is 14.4. The van der Waals surface area contributed by atoms with Gasteiger partial charge in [0.1, 0.15) is 48.9 Å². The van der Waals surface area contributed by atoms with E-state index in [-0.39, 0.29) is 74.1 Å². The van der Waals surface area contributed by atoms with E-state index in [9.17, 15) is 38.4 Å². The third-order valence-electron chi connectivity index (χ3n) is 13.4. The maximum absolute atomic E-state index is 13.5. The molecule has 0 aromatic heterocycles. The molecular weight excluding hydrogens is 921 g/mol. The average molecular weight is 989 g/mol. The number of Topliss-reactive ketones (excluding diaryl/α,β-unsaturated/α-hetero) is 2. The summed E-state index contributed by atoms with van der Waals surface area (Å²) in [6, 6.07) is 28.0. The molecule has 4 N–H and O–H groups in total. The molecule has 0 radical (unpaired) electrons. The monoisotopic (exact) mass is 988 g/mol. The molecule has 16 heteroatoms. The minimum Gasteiger partial charge on any atom is -0.467 e. The molecule has 2 aliphatic carbocycles. The molecule has 0 saturated carbocycles. The van der Waals surface area contributed by atoms with Gasteiger partial charge in [-0.05, 0) is 83.0 Å². The number of nitrogens with one attached hydrogen (secondary N) is 4. The van der Waals surface area contributed by atoms with E-state index >= 15 is 0 Å². The molecule has 384 valence electrons. The van der Waals surface area contributed by atoms with Crippen molar-refractivity contribution < 1.29 is 57.3 Å². The number of fused-ring (bicyclic) bond motifs is 6. The first-order valence-corrected chi connectivity index (χ1v) is 24.5. The molecule has 2 unspecified atom stereocenters. The lowest BCUT2D eigenvalue weighted by Gasteiger charge is -2.26. The fraction of sp³-hybridized carbons (Fsp3) is 0.429.